The molecule has 182 valence electrons. The van der Waals surface area contributed by atoms with Crippen molar-refractivity contribution in [1.29, 1.82) is 0 Å². The zero-order chi connectivity index (χ0) is 25.2. The lowest BCUT2D eigenvalue weighted by Crippen LogP contribution is -2.24. The molecule has 0 fully saturated rings. The molecule has 10 heteroatoms. The van der Waals surface area contributed by atoms with Crippen molar-refractivity contribution in [3.8, 4) is 28.7 Å². The van der Waals surface area contributed by atoms with E-state index in [0.717, 1.165) is 0 Å². The number of amides is 1. The van der Waals surface area contributed by atoms with Crippen LogP contribution in [0.4, 0.5) is 0 Å². The number of esters is 1. The molecule has 0 unspecified atom stereocenters. The van der Waals surface area contributed by atoms with Gasteiger partial charge < -0.3 is 23.7 Å². The first-order chi connectivity index (χ1) is 16.9. The molecule has 3 rings (SSSR count). The molecule has 0 heterocycles. The molecule has 3 aromatic carbocycles. The molecule has 0 radical (unpaired) electrons. The van der Waals surface area contributed by atoms with Crippen molar-refractivity contribution in [3.63, 3.8) is 0 Å². The monoisotopic (exact) mass is 498 g/mol. The van der Waals surface area contributed by atoms with Gasteiger partial charge in [0.2, 0.25) is 5.75 Å². The number of carbonyl (C=O) groups excluding carboxylic acids is 2. The second-order valence-electron chi connectivity index (χ2n) is 6.88. The predicted molar refractivity (Wildman–Crippen MR) is 130 cm³/mol. The van der Waals surface area contributed by atoms with E-state index in [-0.39, 0.29) is 17.9 Å². The SMILES string of the molecule is COc1cc(C(=O)Oc2ccccc2C=NNC(=O)COc2ccc(Cl)cc2)cc(OC)c1OC. The topological polar surface area (TPSA) is 105 Å². The van der Waals surface area contributed by atoms with Crippen molar-refractivity contribution in [3.05, 3.63) is 76.8 Å². The van der Waals surface area contributed by atoms with Gasteiger partial charge >= 0.3 is 5.97 Å². The van der Waals surface area contributed by atoms with Crippen LogP contribution in [0.5, 0.6) is 28.7 Å². The van der Waals surface area contributed by atoms with Crippen LogP contribution in [-0.4, -0.2) is 46.0 Å². The fourth-order valence-electron chi connectivity index (χ4n) is 2.92. The summed E-state index contributed by atoms with van der Waals surface area (Å²) in [6.07, 6.45) is 1.36. The van der Waals surface area contributed by atoms with Gasteiger partial charge in [0.1, 0.15) is 11.5 Å². The van der Waals surface area contributed by atoms with Crippen LogP contribution < -0.4 is 29.1 Å². The molecule has 0 saturated heterocycles. The summed E-state index contributed by atoms with van der Waals surface area (Å²) in [4.78, 5) is 24.8. The zero-order valence-electron chi connectivity index (χ0n) is 19.2. The average molecular weight is 499 g/mol. The minimum absolute atomic E-state index is 0.193. The number of benzene rings is 3. The van der Waals surface area contributed by atoms with Crippen LogP contribution in [0.3, 0.4) is 0 Å². The molecule has 0 aromatic heterocycles. The number of para-hydroxylation sites is 1. The molecule has 0 atom stereocenters. The second kappa shape index (κ2) is 12.3. The third-order valence-electron chi connectivity index (χ3n) is 4.60. The third-order valence-corrected chi connectivity index (χ3v) is 4.85. The highest BCUT2D eigenvalue weighted by molar-refractivity contribution is 6.30. The molecular formula is C25H23ClN2O7. The Bertz CT molecular complexity index is 1190. The van der Waals surface area contributed by atoms with Gasteiger partial charge in [-0.2, -0.15) is 5.10 Å². The number of hydrogen-bond donors (Lipinski definition) is 1. The summed E-state index contributed by atoms with van der Waals surface area (Å²) in [5.41, 5.74) is 3.02. The molecule has 0 aliphatic rings. The van der Waals surface area contributed by atoms with Gasteiger partial charge in [0, 0.05) is 10.6 Å². The van der Waals surface area contributed by atoms with Crippen LogP contribution in [0.2, 0.25) is 5.02 Å². The van der Waals surface area contributed by atoms with E-state index >= 15 is 0 Å². The number of carbonyl (C=O) groups is 2. The molecule has 0 saturated carbocycles. The van der Waals surface area contributed by atoms with Crippen molar-refractivity contribution in [2.75, 3.05) is 27.9 Å². The number of hydrazone groups is 1. The molecule has 1 amide bonds. The molecule has 3 aromatic rings. The van der Waals surface area contributed by atoms with E-state index in [2.05, 4.69) is 10.5 Å². The van der Waals surface area contributed by atoms with Crippen molar-refractivity contribution >= 4 is 29.7 Å². The Balaban J connectivity index is 1.65. The lowest BCUT2D eigenvalue weighted by Gasteiger charge is -2.14. The van der Waals surface area contributed by atoms with Crippen LogP contribution in [-0.2, 0) is 4.79 Å². The van der Waals surface area contributed by atoms with E-state index in [1.54, 1.807) is 48.5 Å². The van der Waals surface area contributed by atoms with Crippen LogP contribution in [0, 0.1) is 0 Å². The maximum absolute atomic E-state index is 12.8. The predicted octanol–water partition coefficient (Wildman–Crippen LogP) is 4.11. The van der Waals surface area contributed by atoms with Crippen molar-refractivity contribution in [2.24, 2.45) is 5.10 Å². The van der Waals surface area contributed by atoms with E-state index < -0.39 is 11.9 Å². The molecule has 0 aliphatic heterocycles. The van der Waals surface area contributed by atoms with Crippen molar-refractivity contribution < 1.29 is 33.3 Å². The summed E-state index contributed by atoms with van der Waals surface area (Å²) in [6, 6.07) is 16.3. The Kier molecular flexibility index (Phi) is 8.91. The van der Waals surface area contributed by atoms with E-state index in [9.17, 15) is 9.59 Å². The number of halogens is 1. The Morgan fingerprint density at radius 3 is 2.20 bits per heavy atom. The van der Waals surface area contributed by atoms with Gasteiger partial charge in [-0.05, 0) is 48.5 Å². The molecule has 0 spiro atoms. The molecular weight excluding hydrogens is 476 g/mol. The molecule has 0 bridgehead atoms. The summed E-state index contributed by atoms with van der Waals surface area (Å²) in [5.74, 6) is 0.608. The van der Waals surface area contributed by atoms with E-state index in [0.29, 0.717) is 33.6 Å². The highest BCUT2D eigenvalue weighted by Crippen LogP contribution is 2.38. The van der Waals surface area contributed by atoms with Crippen LogP contribution >= 0.6 is 11.6 Å². The lowest BCUT2D eigenvalue weighted by molar-refractivity contribution is -0.123. The van der Waals surface area contributed by atoms with Crippen LogP contribution in [0.1, 0.15) is 15.9 Å². The van der Waals surface area contributed by atoms with E-state index in [4.69, 9.17) is 35.3 Å². The Hall–Kier alpha value is -4.24. The summed E-state index contributed by atoms with van der Waals surface area (Å²) in [7, 11) is 4.37. The molecule has 35 heavy (non-hydrogen) atoms. The number of nitrogens with zero attached hydrogens (tertiary/aromatic N) is 1. The molecule has 9 nitrogen and oxygen atoms in total. The van der Waals surface area contributed by atoms with Gasteiger partial charge in [0.05, 0.1) is 33.1 Å². The first-order valence-electron chi connectivity index (χ1n) is 10.3. The van der Waals surface area contributed by atoms with Gasteiger partial charge in [0.15, 0.2) is 18.1 Å². The van der Waals surface area contributed by atoms with Gasteiger partial charge in [-0.25, -0.2) is 10.2 Å². The first-order valence-corrected chi connectivity index (χ1v) is 10.6. The summed E-state index contributed by atoms with van der Waals surface area (Å²) in [6.45, 7) is -0.239. The van der Waals surface area contributed by atoms with Crippen molar-refractivity contribution in [2.45, 2.75) is 0 Å². The standard InChI is InChI=1S/C25H23ClN2O7/c1-31-21-12-17(13-22(32-2)24(21)33-3)25(30)35-20-7-5-4-6-16(20)14-27-28-23(29)15-34-19-10-8-18(26)9-11-19/h4-14H,15H2,1-3H3,(H,28,29). The summed E-state index contributed by atoms with van der Waals surface area (Å²) >= 11 is 5.82. The number of rotatable bonds is 10. The lowest BCUT2D eigenvalue weighted by atomic mass is 10.1. The molecule has 0 aliphatic carbocycles. The van der Waals surface area contributed by atoms with Crippen LogP contribution in [0.25, 0.3) is 0 Å². The Morgan fingerprint density at radius 1 is 0.914 bits per heavy atom. The smallest absolute Gasteiger partial charge is 0.343 e. The fourth-order valence-corrected chi connectivity index (χ4v) is 3.05. The largest absolute Gasteiger partial charge is 0.493 e. The quantitative estimate of drug-likeness (QED) is 0.194. The molecule has 1 N–H and O–H groups in total. The summed E-state index contributed by atoms with van der Waals surface area (Å²) in [5, 5.41) is 4.48. The number of ether oxygens (including phenoxy) is 5. The second-order valence-corrected chi connectivity index (χ2v) is 7.31. The highest BCUT2D eigenvalue weighted by Gasteiger charge is 2.19. The minimum atomic E-state index is -0.648. The minimum Gasteiger partial charge on any atom is -0.493 e. The number of nitrogens with one attached hydrogen (secondary N) is 1. The normalized spacial score (nSPS) is 10.5. The maximum atomic E-state index is 12.8. The number of methoxy groups -OCH3 is 3. The highest BCUT2D eigenvalue weighted by atomic mass is 35.5. The van der Waals surface area contributed by atoms with E-state index in [1.165, 1.54) is 39.7 Å². The summed E-state index contributed by atoms with van der Waals surface area (Å²) < 4.78 is 26.7. The fraction of sp³-hybridized carbons (Fsp3) is 0.160. The Labute approximate surface area is 207 Å². The zero-order valence-corrected chi connectivity index (χ0v) is 20.0. The van der Waals surface area contributed by atoms with Gasteiger partial charge in [0.25, 0.3) is 5.91 Å². The van der Waals surface area contributed by atoms with Crippen molar-refractivity contribution in [1.82, 2.24) is 5.43 Å². The van der Waals surface area contributed by atoms with Gasteiger partial charge in [-0.3, -0.25) is 4.79 Å². The van der Waals surface area contributed by atoms with E-state index in [1.807, 2.05) is 0 Å². The number of hydrogen-bond acceptors (Lipinski definition) is 8. The maximum Gasteiger partial charge on any atom is 0.343 e. The van der Waals surface area contributed by atoms with Gasteiger partial charge in [-0.1, -0.05) is 23.7 Å². The average Bonchev–Trinajstić information content (AvgIpc) is 2.88. The first kappa shape index (κ1) is 25.4. The Morgan fingerprint density at radius 2 is 1.57 bits per heavy atom. The third kappa shape index (κ3) is 6.87. The van der Waals surface area contributed by atoms with Gasteiger partial charge in [-0.15, -0.1) is 0 Å². The van der Waals surface area contributed by atoms with Crippen LogP contribution in [0.15, 0.2) is 65.8 Å².